The molecule has 0 N–H and O–H groups in total. The standard InChI is InChI=1S/C16H22BrN/c1-18(2)14-5-3-13(4-6-14)15-7-10-16(17,11-8-15)12-9-15/h3-6H,7-12H2,1-2H3. The maximum Gasteiger partial charge on any atom is 0.0361 e. The van der Waals surface area contributed by atoms with Gasteiger partial charge in [0.1, 0.15) is 0 Å². The Morgan fingerprint density at radius 1 is 0.889 bits per heavy atom. The Hall–Kier alpha value is -0.500. The van der Waals surface area contributed by atoms with Gasteiger partial charge in [-0.2, -0.15) is 0 Å². The second kappa shape index (κ2) is 4.26. The van der Waals surface area contributed by atoms with E-state index in [9.17, 15) is 0 Å². The third-order valence-electron chi connectivity index (χ3n) is 5.15. The molecule has 3 saturated carbocycles. The summed E-state index contributed by atoms with van der Waals surface area (Å²) in [7, 11) is 4.21. The number of rotatable bonds is 2. The molecule has 0 amide bonds. The van der Waals surface area contributed by atoms with Gasteiger partial charge in [-0.05, 0) is 61.6 Å². The van der Waals surface area contributed by atoms with Crippen LogP contribution in [0.1, 0.15) is 44.1 Å². The molecule has 98 valence electrons. The third kappa shape index (κ3) is 1.99. The second-order valence-corrected chi connectivity index (χ2v) is 8.05. The van der Waals surface area contributed by atoms with Crippen LogP contribution in [-0.4, -0.2) is 18.4 Å². The van der Waals surface area contributed by atoms with E-state index >= 15 is 0 Å². The van der Waals surface area contributed by atoms with Gasteiger partial charge in [-0.25, -0.2) is 0 Å². The first-order chi connectivity index (χ1) is 8.53. The summed E-state index contributed by atoms with van der Waals surface area (Å²) in [4.78, 5) is 2.17. The molecule has 0 heterocycles. The highest BCUT2D eigenvalue weighted by molar-refractivity contribution is 9.10. The third-order valence-corrected chi connectivity index (χ3v) is 6.34. The van der Waals surface area contributed by atoms with Crippen LogP contribution in [0.3, 0.4) is 0 Å². The number of hydrogen-bond acceptors (Lipinski definition) is 1. The molecule has 3 aliphatic carbocycles. The van der Waals surface area contributed by atoms with Crippen molar-refractivity contribution in [2.75, 3.05) is 19.0 Å². The highest BCUT2D eigenvalue weighted by Gasteiger charge is 2.47. The number of halogens is 1. The molecule has 0 aromatic heterocycles. The molecule has 2 bridgehead atoms. The first-order valence-corrected chi connectivity index (χ1v) is 7.79. The van der Waals surface area contributed by atoms with Crippen LogP contribution in [0.15, 0.2) is 24.3 Å². The topological polar surface area (TPSA) is 3.24 Å². The quantitative estimate of drug-likeness (QED) is 0.728. The van der Waals surface area contributed by atoms with Crippen LogP contribution < -0.4 is 4.90 Å². The van der Waals surface area contributed by atoms with E-state index in [2.05, 4.69) is 59.2 Å². The Morgan fingerprint density at radius 3 is 1.83 bits per heavy atom. The van der Waals surface area contributed by atoms with Crippen molar-refractivity contribution in [3.8, 4) is 0 Å². The summed E-state index contributed by atoms with van der Waals surface area (Å²) in [6.07, 6.45) is 8.13. The van der Waals surface area contributed by atoms with Gasteiger partial charge >= 0.3 is 0 Å². The maximum atomic E-state index is 3.95. The van der Waals surface area contributed by atoms with Gasteiger partial charge in [0.05, 0.1) is 0 Å². The summed E-state index contributed by atoms with van der Waals surface area (Å²) >= 11 is 3.95. The molecule has 1 nitrogen and oxygen atoms in total. The van der Waals surface area contributed by atoms with Gasteiger partial charge in [0.15, 0.2) is 0 Å². The van der Waals surface area contributed by atoms with Gasteiger partial charge in [-0.1, -0.05) is 28.1 Å². The molecule has 3 fully saturated rings. The number of anilines is 1. The first-order valence-electron chi connectivity index (χ1n) is 7.00. The van der Waals surface area contributed by atoms with Crippen molar-refractivity contribution >= 4 is 21.6 Å². The predicted molar refractivity (Wildman–Crippen MR) is 81.8 cm³/mol. The van der Waals surface area contributed by atoms with Gasteiger partial charge in [-0.3, -0.25) is 0 Å². The van der Waals surface area contributed by atoms with Crippen LogP contribution in [0.4, 0.5) is 5.69 Å². The molecular formula is C16H22BrN. The Kier molecular flexibility index (Phi) is 2.97. The summed E-state index contributed by atoms with van der Waals surface area (Å²) in [6, 6.07) is 9.27. The van der Waals surface area contributed by atoms with Crippen LogP contribution in [0, 0.1) is 0 Å². The zero-order chi connectivity index (χ0) is 12.8. The Balaban J connectivity index is 1.86. The lowest BCUT2D eigenvalue weighted by Gasteiger charge is -2.51. The van der Waals surface area contributed by atoms with Crippen LogP contribution in [-0.2, 0) is 5.41 Å². The zero-order valence-corrected chi connectivity index (χ0v) is 13.0. The van der Waals surface area contributed by atoms with E-state index in [4.69, 9.17) is 0 Å². The number of hydrogen-bond donors (Lipinski definition) is 0. The Labute approximate surface area is 119 Å². The van der Waals surface area contributed by atoms with E-state index in [0.717, 1.165) is 0 Å². The van der Waals surface area contributed by atoms with Crippen LogP contribution in [0.25, 0.3) is 0 Å². The van der Waals surface area contributed by atoms with E-state index < -0.39 is 0 Å². The molecule has 18 heavy (non-hydrogen) atoms. The number of alkyl halides is 1. The summed E-state index contributed by atoms with van der Waals surface area (Å²) in [5.74, 6) is 0. The smallest absolute Gasteiger partial charge is 0.0361 e. The van der Waals surface area contributed by atoms with E-state index in [1.54, 1.807) is 5.56 Å². The maximum absolute atomic E-state index is 3.95. The zero-order valence-electron chi connectivity index (χ0n) is 11.4. The SMILES string of the molecule is CN(C)c1ccc(C23CCC(Br)(CC2)CC3)cc1. The van der Waals surface area contributed by atoms with Gasteiger partial charge in [0.25, 0.3) is 0 Å². The molecule has 4 rings (SSSR count). The first kappa shape index (κ1) is 12.5. The minimum atomic E-state index is 0.484. The highest BCUT2D eigenvalue weighted by atomic mass is 79.9. The van der Waals surface area contributed by atoms with E-state index in [-0.39, 0.29) is 0 Å². The van der Waals surface area contributed by atoms with Crippen LogP contribution in [0.5, 0.6) is 0 Å². The summed E-state index contributed by atoms with van der Waals surface area (Å²) in [5.41, 5.74) is 3.36. The molecule has 0 spiro atoms. The Bertz CT molecular complexity index is 410. The predicted octanol–water partition coefficient (Wildman–Crippen LogP) is 4.49. The van der Waals surface area contributed by atoms with Crippen molar-refractivity contribution in [1.82, 2.24) is 0 Å². The van der Waals surface area contributed by atoms with Crippen LogP contribution >= 0.6 is 15.9 Å². The van der Waals surface area contributed by atoms with Crippen molar-refractivity contribution < 1.29 is 0 Å². The second-order valence-electron chi connectivity index (χ2n) is 6.37. The van der Waals surface area contributed by atoms with Gasteiger partial charge in [-0.15, -0.1) is 0 Å². The summed E-state index contributed by atoms with van der Waals surface area (Å²) < 4.78 is 0.484. The van der Waals surface area contributed by atoms with Gasteiger partial charge in [0.2, 0.25) is 0 Å². The van der Waals surface area contributed by atoms with Crippen molar-refractivity contribution in [3.63, 3.8) is 0 Å². The van der Waals surface area contributed by atoms with Gasteiger partial charge < -0.3 is 4.90 Å². The average Bonchev–Trinajstić information content (AvgIpc) is 2.40. The minimum Gasteiger partial charge on any atom is -0.378 e. The molecule has 0 radical (unpaired) electrons. The molecule has 1 aromatic carbocycles. The lowest BCUT2D eigenvalue weighted by molar-refractivity contribution is 0.162. The normalized spacial score (nSPS) is 34.6. The van der Waals surface area contributed by atoms with E-state index in [1.807, 2.05) is 0 Å². The molecule has 0 aliphatic heterocycles. The molecule has 0 saturated heterocycles. The fraction of sp³-hybridized carbons (Fsp3) is 0.625. The molecule has 3 aliphatic rings. The van der Waals surface area contributed by atoms with Crippen molar-refractivity contribution in [3.05, 3.63) is 29.8 Å². The number of nitrogens with zero attached hydrogens (tertiary/aromatic N) is 1. The molecule has 0 unspecified atom stereocenters. The fourth-order valence-electron chi connectivity index (χ4n) is 3.69. The molecule has 2 heteroatoms. The van der Waals surface area contributed by atoms with Crippen molar-refractivity contribution in [1.29, 1.82) is 0 Å². The fourth-order valence-corrected chi connectivity index (χ4v) is 4.28. The van der Waals surface area contributed by atoms with E-state index in [0.29, 0.717) is 9.74 Å². The molecular weight excluding hydrogens is 286 g/mol. The molecule has 0 atom stereocenters. The van der Waals surface area contributed by atoms with Crippen LogP contribution in [0.2, 0.25) is 0 Å². The lowest BCUT2D eigenvalue weighted by atomic mass is 9.58. The average molecular weight is 308 g/mol. The minimum absolute atomic E-state index is 0.484. The molecule has 1 aromatic rings. The lowest BCUT2D eigenvalue weighted by Crippen LogP contribution is -2.44. The number of fused-ring (bicyclic) bond motifs is 3. The Morgan fingerprint density at radius 2 is 1.39 bits per heavy atom. The monoisotopic (exact) mass is 307 g/mol. The largest absolute Gasteiger partial charge is 0.378 e. The summed E-state index contributed by atoms with van der Waals surface area (Å²) in [6.45, 7) is 0. The highest BCUT2D eigenvalue weighted by Crippen LogP contribution is 2.56. The summed E-state index contributed by atoms with van der Waals surface area (Å²) in [5, 5.41) is 0. The van der Waals surface area contributed by atoms with Crippen molar-refractivity contribution in [2.24, 2.45) is 0 Å². The van der Waals surface area contributed by atoms with Crippen molar-refractivity contribution in [2.45, 2.75) is 48.3 Å². The number of benzene rings is 1. The van der Waals surface area contributed by atoms with Gasteiger partial charge in [0, 0.05) is 24.1 Å². The van der Waals surface area contributed by atoms with E-state index in [1.165, 1.54) is 44.2 Å².